The van der Waals surface area contributed by atoms with E-state index in [1.807, 2.05) is 7.05 Å². The molecule has 1 atom stereocenters. The zero-order chi connectivity index (χ0) is 8.06. The van der Waals surface area contributed by atoms with Crippen LogP contribution in [0, 0.1) is 0 Å². The van der Waals surface area contributed by atoms with Crippen molar-refractivity contribution in [3.63, 3.8) is 0 Å². The molecule has 0 spiro atoms. The van der Waals surface area contributed by atoms with Crippen molar-refractivity contribution in [3.05, 3.63) is 11.4 Å². The molecular formula is C8H13FN2. The van der Waals surface area contributed by atoms with E-state index in [0.29, 0.717) is 6.42 Å². The minimum atomic E-state index is -0.321. The number of nitrogens with zero attached hydrogens (tertiary/aromatic N) is 1. The molecule has 0 radical (unpaired) electrons. The monoisotopic (exact) mass is 156 g/mol. The highest BCUT2D eigenvalue weighted by Gasteiger charge is 2.43. The summed E-state index contributed by atoms with van der Waals surface area (Å²) < 4.78 is 13.1. The highest BCUT2D eigenvalue weighted by Crippen LogP contribution is 2.39. The Hall–Kier alpha value is -0.410. The van der Waals surface area contributed by atoms with Crippen LogP contribution in [-0.2, 0) is 0 Å². The SMILES string of the molecule is CN1CC2=C(F)CC[C@@]2(N)C1. The van der Waals surface area contributed by atoms with Crippen molar-refractivity contribution in [2.45, 2.75) is 18.4 Å². The Labute approximate surface area is 65.9 Å². The molecule has 1 saturated heterocycles. The first-order valence-corrected chi connectivity index (χ1v) is 3.97. The minimum Gasteiger partial charge on any atom is -0.320 e. The highest BCUT2D eigenvalue weighted by atomic mass is 19.1. The number of fused-ring (bicyclic) bond motifs is 1. The second kappa shape index (κ2) is 2.05. The van der Waals surface area contributed by atoms with Gasteiger partial charge >= 0.3 is 0 Å². The van der Waals surface area contributed by atoms with E-state index in [1.165, 1.54) is 0 Å². The number of allylic oxidation sites excluding steroid dienone is 1. The second-order valence-electron chi connectivity index (χ2n) is 3.71. The number of likely N-dealkylation sites (N-methyl/N-ethyl adjacent to an activating group) is 1. The molecule has 2 nitrogen and oxygen atoms in total. The third-order valence-corrected chi connectivity index (χ3v) is 2.70. The second-order valence-corrected chi connectivity index (χ2v) is 3.71. The van der Waals surface area contributed by atoms with E-state index < -0.39 is 0 Å². The van der Waals surface area contributed by atoms with Crippen LogP contribution in [0.1, 0.15) is 12.8 Å². The van der Waals surface area contributed by atoms with Crippen molar-refractivity contribution in [1.29, 1.82) is 0 Å². The molecule has 0 saturated carbocycles. The van der Waals surface area contributed by atoms with Crippen molar-refractivity contribution in [3.8, 4) is 0 Å². The fourth-order valence-corrected chi connectivity index (χ4v) is 2.13. The van der Waals surface area contributed by atoms with E-state index in [2.05, 4.69) is 4.90 Å². The van der Waals surface area contributed by atoms with Crippen LogP contribution < -0.4 is 5.73 Å². The summed E-state index contributed by atoms with van der Waals surface area (Å²) in [4.78, 5) is 2.08. The number of hydrogen-bond acceptors (Lipinski definition) is 2. The van der Waals surface area contributed by atoms with Crippen molar-refractivity contribution < 1.29 is 4.39 Å². The zero-order valence-electron chi connectivity index (χ0n) is 6.73. The maximum atomic E-state index is 13.1. The minimum absolute atomic E-state index is 0.0388. The normalized spacial score (nSPS) is 38.5. The summed E-state index contributed by atoms with van der Waals surface area (Å²) in [5.74, 6) is 0.0388. The molecule has 0 aromatic carbocycles. The average molecular weight is 156 g/mol. The third kappa shape index (κ3) is 0.914. The lowest BCUT2D eigenvalue weighted by molar-refractivity contribution is 0.360. The topological polar surface area (TPSA) is 29.3 Å². The van der Waals surface area contributed by atoms with Gasteiger partial charge in [-0.05, 0) is 19.0 Å². The van der Waals surface area contributed by atoms with Crippen molar-refractivity contribution >= 4 is 0 Å². The van der Waals surface area contributed by atoms with Crippen LogP contribution in [0.15, 0.2) is 11.4 Å². The lowest BCUT2D eigenvalue weighted by atomic mass is 9.96. The van der Waals surface area contributed by atoms with E-state index in [9.17, 15) is 4.39 Å². The van der Waals surface area contributed by atoms with Crippen LogP contribution in [0.2, 0.25) is 0 Å². The summed E-state index contributed by atoms with van der Waals surface area (Å²) >= 11 is 0. The van der Waals surface area contributed by atoms with Gasteiger partial charge in [-0.1, -0.05) is 0 Å². The zero-order valence-corrected chi connectivity index (χ0v) is 6.73. The maximum absolute atomic E-state index is 13.1. The first kappa shape index (κ1) is 7.25. The Balaban J connectivity index is 2.35. The molecule has 1 heterocycles. The van der Waals surface area contributed by atoms with Gasteiger partial charge in [0.15, 0.2) is 0 Å². The standard InChI is InChI=1S/C8H13FN2/c1-11-4-6-7(9)2-3-8(6,10)5-11/h2-5,10H2,1H3/t8-/m1/s1. The molecule has 1 fully saturated rings. The summed E-state index contributed by atoms with van der Waals surface area (Å²) in [5.41, 5.74) is 6.53. The van der Waals surface area contributed by atoms with Crippen molar-refractivity contribution in [2.24, 2.45) is 5.73 Å². The van der Waals surface area contributed by atoms with Crippen LogP contribution in [0.3, 0.4) is 0 Å². The largest absolute Gasteiger partial charge is 0.320 e. The van der Waals surface area contributed by atoms with Gasteiger partial charge in [-0.2, -0.15) is 0 Å². The van der Waals surface area contributed by atoms with Gasteiger partial charge in [0.2, 0.25) is 0 Å². The fraction of sp³-hybridized carbons (Fsp3) is 0.750. The summed E-state index contributed by atoms with van der Waals surface area (Å²) in [5, 5.41) is 0. The molecule has 0 aromatic heterocycles. The lowest BCUT2D eigenvalue weighted by Gasteiger charge is -2.19. The van der Waals surface area contributed by atoms with Crippen LogP contribution >= 0.6 is 0 Å². The van der Waals surface area contributed by atoms with Gasteiger partial charge < -0.3 is 10.6 Å². The van der Waals surface area contributed by atoms with E-state index >= 15 is 0 Å². The Morgan fingerprint density at radius 3 is 3.00 bits per heavy atom. The first-order valence-electron chi connectivity index (χ1n) is 3.97. The van der Waals surface area contributed by atoms with E-state index in [4.69, 9.17) is 5.73 Å². The van der Waals surface area contributed by atoms with Gasteiger partial charge in [0.05, 0.1) is 5.54 Å². The molecular weight excluding hydrogens is 143 g/mol. The number of nitrogens with two attached hydrogens (primary N) is 1. The molecule has 0 amide bonds. The van der Waals surface area contributed by atoms with Crippen molar-refractivity contribution in [1.82, 2.24) is 4.90 Å². The third-order valence-electron chi connectivity index (χ3n) is 2.70. The number of halogens is 1. The lowest BCUT2D eigenvalue weighted by Crippen LogP contribution is -2.41. The van der Waals surface area contributed by atoms with E-state index in [1.54, 1.807) is 0 Å². The summed E-state index contributed by atoms with van der Waals surface area (Å²) in [6.45, 7) is 1.54. The molecule has 2 N–H and O–H groups in total. The molecule has 1 aliphatic carbocycles. The Kier molecular flexibility index (Phi) is 1.35. The Morgan fingerprint density at radius 2 is 2.36 bits per heavy atom. The predicted octanol–water partition coefficient (Wildman–Crippen LogP) is 0.647. The molecule has 1 aliphatic heterocycles. The molecule has 2 aliphatic rings. The maximum Gasteiger partial charge on any atom is 0.102 e. The van der Waals surface area contributed by atoms with Gasteiger partial charge in [-0.25, -0.2) is 4.39 Å². The fourth-order valence-electron chi connectivity index (χ4n) is 2.13. The average Bonchev–Trinajstić information content (AvgIpc) is 2.32. The van der Waals surface area contributed by atoms with Gasteiger partial charge in [-0.15, -0.1) is 0 Å². The molecule has 11 heavy (non-hydrogen) atoms. The van der Waals surface area contributed by atoms with Gasteiger partial charge in [0, 0.05) is 19.5 Å². The van der Waals surface area contributed by atoms with Gasteiger partial charge in [0.25, 0.3) is 0 Å². The smallest absolute Gasteiger partial charge is 0.102 e. The van der Waals surface area contributed by atoms with Crippen LogP contribution in [0.4, 0.5) is 4.39 Å². The molecule has 62 valence electrons. The number of likely N-dealkylation sites (tertiary alicyclic amines) is 1. The Bertz CT molecular complexity index is 224. The van der Waals surface area contributed by atoms with Crippen LogP contribution in [0.25, 0.3) is 0 Å². The summed E-state index contributed by atoms with van der Waals surface area (Å²) in [6, 6.07) is 0. The Morgan fingerprint density at radius 1 is 1.64 bits per heavy atom. The highest BCUT2D eigenvalue weighted by molar-refractivity contribution is 5.34. The first-order chi connectivity index (χ1) is 5.12. The van der Waals surface area contributed by atoms with Crippen molar-refractivity contribution in [2.75, 3.05) is 20.1 Å². The quantitative estimate of drug-likeness (QED) is 0.558. The number of hydrogen-bond donors (Lipinski definition) is 1. The molecule has 0 aromatic rings. The van der Waals surface area contributed by atoms with E-state index in [0.717, 1.165) is 25.1 Å². The van der Waals surface area contributed by atoms with Crippen LogP contribution in [-0.4, -0.2) is 30.6 Å². The predicted molar refractivity (Wildman–Crippen MR) is 41.8 cm³/mol. The van der Waals surface area contributed by atoms with Gasteiger partial charge in [0.1, 0.15) is 5.83 Å². The van der Waals surface area contributed by atoms with Gasteiger partial charge in [-0.3, -0.25) is 0 Å². The molecule has 2 rings (SSSR count). The van der Waals surface area contributed by atoms with E-state index in [-0.39, 0.29) is 11.4 Å². The summed E-state index contributed by atoms with van der Waals surface area (Å²) in [7, 11) is 1.98. The summed E-state index contributed by atoms with van der Waals surface area (Å²) in [6.07, 6.45) is 1.35. The molecule has 0 bridgehead atoms. The molecule has 0 unspecified atom stereocenters. The molecule has 3 heteroatoms. The number of rotatable bonds is 0. The van der Waals surface area contributed by atoms with Crippen LogP contribution in [0.5, 0.6) is 0 Å².